The van der Waals surface area contributed by atoms with Crippen molar-refractivity contribution in [3.05, 3.63) is 59.4 Å². The Morgan fingerprint density at radius 1 is 1.21 bits per heavy atom. The van der Waals surface area contributed by atoms with Crippen LogP contribution in [0, 0.1) is 18.7 Å². The minimum atomic E-state index is -3.61. The Kier molecular flexibility index (Phi) is 6.82. The largest absolute Gasteiger partial charge is 0.306 e. The minimum Gasteiger partial charge on any atom is -0.306 e. The molecule has 7 heteroatoms. The van der Waals surface area contributed by atoms with E-state index in [9.17, 15) is 17.6 Å². The number of hydrogen-bond donors (Lipinski definition) is 1. The smallest absolute Gasteiger partial charge is 0.212 e. The van der Waals surface area contributed by atoms with Crippen LogP contribution in [0.15, 0.2) is 42.5 Å². The second-order valence-corrected chi connectivity index (χ2v) is 9.67. The number of sulfonamides is 1. The number of aryl methyl sites for hydroxylation is 1. The summed E-state index contributed by atoms with van der Waals surface area (Å²) >= 11 is 0. The maximum atomic E-state index is 14.6. The lowest BCUT2D eigenvalue weighted by molar-refractivity contribution is 0.0993. The summed E-state index contributed by atoms with van der Waals surface area (Å²) in [5.74, 6) is -1.16. The number of hydrogen-bond acceptors (Lipinski definition) is 4. The van der Waals surface area contributed by atoms with E-state index in [4.69, 9.17) is 0 Å². The van der Waals surface area contributed by atoms with E-state index >= 15 is 0 Å². The molecule has 1 N–H and O–H groups in total. The summed E-state index contributed by atoms with van der Waals surface area (Å²) in [7, 11) is -1.64. The SMILES string of the molecule is Cc1cc(-c2ccccc2)cc(C(=O)CNS(=O)(=O)CC2CCCN(C)C2)c1F. The van der Waals surface area contributed by atoms with E-state index in [2.05, 4.69) is 9.62 Å². The van der Waals surface area contributed by atoms with Gasteiger partial charge in [-0.2, -0.15) is 0 Å². The second kappa shape index (κ2) is 9.15. The van der Waals surface area contributed by atoms with Gasteiger partial charge in [0, 0.05) is 6.54 Å². The van der Waals surface area contributed by atoms with Crippen molar-refractivity contribution in [1.82, 2.24) is 9.62 Å². The summed E-state index contributed by atoms with van der Waals surface area (Å²) < 4.78 is 41.8. The third kappa shape index (κ3) is 5.72. The van der Waals surface area contributed by atoms with Crippen LogP contribution in [0.4, 0.5) is 4.39 Å². The molecule has 0 saturated carbocycles. The van der Waals surface area contributed by atoms with Crippen LogP contribution < -0.4 is 4.72 Å². The molecular formula is C22H27FN2O3S. The molecule has 5 nitrogen and oxygen atoms in total. The Hall–Kier alpha value is -2.09. The summed E-state index contributed by atoms with van der Waals surface area (Å²) in [6.07, 6.45) is 1.82. The molecule has 156 valence electrons. The van der Waals surface area contributed by atoms with Crippen molar-refractivity contribution in [2.45, 2.75) is 19.8 Å². The van der Waals surface area contributed by atoms with Gasteiger partial charge in [-0.25, -0.2) is 17.5 Å². The van der Waals surface area contributed by atoms with E-state index in [1.807, 2.05) is 37.4 Å². The lowest BCUT2D eigenvalue weighted by atomic mass is 9.98. The third-order valence-corrected chi connectivity index (χ3v) is 6.79. The molecular weight excluding hydrogens is 391 g/mol. The maximum absolute atomic E-state index is 14.6. The first-order valence-electron chi connectivity index (χ1n) is 9.80. The Labute approximate surface area is 172 Å². The molecule has 0 aliphatic carbocycles. The van der Waals surface area contributed by atoms with Gasteiger partial charge in [0.05, 0.1) is 17.9 Å². The van der Waals surface area contributed by atoms with E-state index < -0.39 is 28.2 Å². The van der Waals surface area contributed by atoms with E-state index in [-0.39, 0.29) is 17.2 Å². The number of benzene rings is 2. The molecule has 0 radical (unpaired) electrons. The fraction of sp³-hybridized carbons (Fsp3) is 0.409. The normalized spacial score (nSPS) is 18.0. The van der Waals surface area contributed by atoms with Crippen molar-refractivity contribution in [3.8, 4) is 11.1 Å². The average molecular weight is 419 g/mol. The van der Waals surface area contributed by atoms with E-state index in [1.54, 1.807) is 13.0 Å². The molecule has 0 bridgehead atoms. The Morgan fingerprint density at radius 2 is 1.93 bits per heavy atom. The van der Waals surface area contributed by atoms with Gasteiger partial charge in [-0.15, -0.1) is 0 Å². The van der Waals surface area contributed by atoms with Crippen LogP contribution in [0.5, 0.6) is 0 Å². The first-order valence-corrected chi connectivity index (χ1v) is 11.4. The highest BCUT2D eigenvalue weighted by atomic mass is 32.2. The maximum Gasteiger partial charge on any atom is 0.212 e. The number of ketones is 1. The fourth-order valence-corrected chi connectivity index (χ4v) is 5.18. The summed E-state index contributed by atoms with van der Waals surface area (Å²) in [5, 5.41) is 0. The predicted octanol–water partition coefficient (Wildman–Crippen LogP) is 3.25. The van der Waals surface area contributed by atoms with Crippen LogP contribution in [-0.2, 0) is 10.0 Å². The zero-order valence-corrected chi connectivity index (χ0v) is 17.6. The minimum absolute atomic E-state index is 0.0177. The molecule has 29 heavy (non-hydrogen) atoms. The number of carbonyl (C=O) groups excluding carboxylic acids is 1. The molecule has 1 saturated heterocycles. The quantitative estimate of drug-likeness (QED) is 0.701. The fourth-order valence-electron chi connectivity index (χ4n) is 3.82. The van der Waals surface area contributed by atoms with Crippen LogP contribution in [-0.4, -0.2) is 51.5 Å². The number of rotatable bonds is 7. The number of nitrogens with zero attached hydrogens (tertiary/aromatic N) is 1. The standard InChI is InChI=1S/C22H27FN2O3S/c1-16-11-19(18-8-4-3-5-9-18)12-20(22(16)23)21(26)13-24-29(27,28)15-17-7-6-10-25(2)14-17/h3-5,8-9,11-12,17,24H,6-7,10,13-15H2,1-2H3. The lowest BCUT2D eigenvalue weighted by Crippen LogP contribution is -2.39. The van der Waals surface area contributed by atoms with E-state index in [0.717, 1.165) is 37.1 Å². The van der Waals surface area contributed by atoms with Crippen LogP contribution in [0.3, 0.4) is 0 Å². The van der Waals surface area contributed by atoms with Gasteiger partial charge in [-0.3, -0.25) is 4.79 Å². The Balaban J connectivity index is 1.71. The van der Waals surface area contributed by atoms with Crippen LogP contribution in [0.2, 0.25) is 0 Å². The van der Waals surface area contributed by atoms with Gasteiger partial charge in [0.15, 0.2) is 5.78 Å². The molecule has 1 aliphatic heterocycles. The number of carbonyl (C=O) groups is 1. The van der Waals surface area contributed by atoms with Crippen LogP contribution >= 0.6 is 0 Å². The number of likely N-dealkylation sites (tertiary alicyclic amines) is 1. The van der Waals surface area contributed by atoms with Crippen LogP contribution in [0.25, 0.3) is 11.1 Å². The Morgan fingerprint density at radius 3 is 2.62 bits per heavy atom. The molecule has 1 unspecified atom stereocenters. The second-order valence-electron chi connectivity index (χ2n) is 7.82. The molecule has 1 atom stereocenters. The molecule has 1 fully saturated rings. The highest BCUT2D eigenvalue weighted by molar-refractivity contribution is 7.89. The van der Waals surface area contributed by atoms with Gasteiger partial charge in [0.2, 0.25) is 10.0 Å². The van der Waals surface area contributed by atoms with Gasteiger partial charge < -0.3 is 4.90 Å². The summed E-state index contributed by atoms with van der Waals surface area (Å²) in [5.41, 5.74) is 1.85. The summed E-state index contributed by atoms with van der Waals surface area (Å²) in [4.78, 5) is 14.7. The zero-order valence-electron chi connectivity index (χ0n) is 16.8. The van der Waals surface area contributed by atoms with Gasteiger partial charge in [0.25, 0.3) is 0 Å². The predicted molar refractivity (Wildman–Crippen MR) is 113 cm³/mol. The number of piperidine rings is 1. The molecule has 2 aromatic carbocycles. The molecule has 1 heterocycles. The summed E-state index contributed by atoms with van der Waals surface area (Å²) in [6.45, 7) is 2.85. The molecule has 0 aromatic heterocycles. The molecule has 0 spiro atoms. The number of nitrogens with one attached hydrogen (secondary N) is 1. The molecule has 3 rings (SSSR count). The van der Waals surface area contributed by atoms with Gasteiger partial charge in [0.1, 0.15) is 5.82 Å². The lowest BCUT2D eigenvalue weighted by Gasteiger charge is -2.29. The molecule has 1 aliphatic rings. The summed E-state index contributed by atoms with van der Waals surface area (Å²) in [6, 6.07) is 12.6. The van der Waals surface area contributed by atoms with E-state index in [0.29, 0.717) is 5.56 Å². The monoisotopic (exact) mass is 418 g/mol. The van der Waals surface area contributed by atoms with Crippen molar-refractivity contribution < 1.29 is 17.6 Å². The highest BCUT2D eigenvalue weighted by Crippen LogP contribution is 2.25. The first-order chi connectivity index (χ1) is 13.7. The van der Waals surface area contributed by atoms with Crippen molar-refractivity contribution in [3.63, 3.8) is 0 Å². The van der Waals surface area contributed by atoms with Crippen LogP contribution in [0.1, 0.15) is 28.8 Å². The van der Waals surface area contributed by atoms with Crippen molar-refractivity contribution in [2.75, 3.05) is 32.4 Å². The Bertz CT molecular complexity index is 977. The molecule has 0 amide bonds. The van der Waals surface area contributed by atoms with E-state index in [1.165, 1.54) is 6.07 Å². The zero-order chi connectivity index (χ0) is 21.0. The van der Waals surface area contributed by atoms with Gasteiger partial charge >= 0.3 is 0 Å². The van der Waals surface area contributed by atoms with Crippen molar-refractivity contribution >= 4 is 15.8 Å². The van der Waals surface area contributed by atoms with Gasteiger partial charge in [-0.05, 0) is 68.1 Å². The molecule has 2 aromatic rings. The first kappa shape index (κ1) is 21.6. The van der Waals surface area contributed by atoms with Crippen molar-refractivity contribution in [2.24, 2.45) is 5.92 Å². The number of halogens is 1. The van der Waals surface area contributed by atoms with Crippen molar-refractivity contribution in [1.29, 1.82) is 0 Å². The topological polar surface area (TPSA) is 66.5 Å². The highest BCUT2D eigenvalue weighted by Gasteiger charge is 2.24. The van der Waals surface area contributed by atoms with Gasteiger partial charge in [-0.1, -0.05) is 30.3 Å². The number of Topliss-reactive ketones (excluding diaryl/α,β-unsaturated/α-hetero) is 1. The average Bonchev–Trinajstić information content (AvgIpc) is 2.68. The third-order valence-electron chi connectivity index (χ3n) is 5.29.